The summed E-state index contributed by atoms with van der Waals surface area (Å²) in [6.07, 6.45) is 18.2. The molecule has 186 valence electrons. The molecule has 0 aromatic carbocycles. The maximum absolute atomic E-state index is 12.8. The molecule has 1 aromatic rings. The second kappa shape index (κ2) is 14.9. The van der Waals surface area contributed by atoms with Crippen LogP contribution in [-0.4, -0.2) is 23.1 Å². The third-order valence-electron chi connectivity index (χ3n) is 5.97. The minimum absolute atomic E-state index is 0.110. The summed E-state index contributed by atoms with van der Waals surface area (Å²) in [7, 11) is 1.50. The van der Waals surface area contributed by atoms with Crippen molar-refractivity contribution in [3.05, 3.63) is 93.7 Å². The number of nitrogens with two attached hydrogens (primary N) is 3. The van der Waals surface area contributed by atoms with Crippen LogP contribution in [0.5, 0.6) is 0 Å². The Morgan fingerprint density at radius 1 is 1.24 bits per heavy atom. The van der Waals surface area contributed by atoms with Crippen molar-refractivity contribution < 1.29 is 0 Å². The number of nitrogens with zero attached hydrogens (tertiary/aromatic N) is 2. The number of rotatable bonds is 6. The number of allylic oxidation sites excluding steroid dienone is 5. The fraction of sp³-hybridized carbons (Fsp3) is 0.393. The average Bonchev–Trinajstić information content (AvgIpc) is 2.82. The highest BCUT2D eigenvalue weighted by Gasteiger charge is 2.13. The van der Waals surface area contributed by atoms with Crippen molar-refractivity contribution >= 4 is 11.8 Å². The zero-order valence-corrected chi connectivity index (χ0v) is 21.4. The Balaban J connectivity index is 0.000000615. The van der Waals surface area contributed by atoms with E-state index >= 15 is 0 Å². The van der Waals surface area contributed by atoms with Gasteiger partial charge in [-0.2, -0.15) is 0 Å². The van der Waals surface area contributed by atoms with E-state index in [0.717, 1.165) is 40.9 Å². The summed E-state index contributed by atoms with van der Waals surface area (Å²) in [5, 5.41) is 1.31. The van der Waals surface area contributed by atoms with E-state index < -0.39 is 0 Å². The standard InChI is InChI=1S/C22H27N3O.C5H11N.CH5N/c1-6-17(4)20-10-11-24(22(26)21(20)12-23)13-16(3)14-25-15-19(7-2)9-8-18(25)5;6-4-5-2-1-3-5;1-2/h6,8-12,14-15H,1,5,7,13,23H2,2-4H3;5H,1-4,6H2;2H2,1H3/b16-14+,20-17-,21-12+;;. The lowest BCUT2D eigenvalue weighted by atomic mass is 9.86. The van der Waals surface area contributed by atoms with Gasteiger partial charge in [0.05, 0.1) is 5.22 Å². The van der Waals surface area contributed by atoms with Gasteiger partial charge in [0.15, 0.2) is 0 Å². The quantitative estimate of drug-likeness (QED) is 0.599. The highest BCUT2D eigenvalue weighted by molar-refractivity contribution is 5.53. The zero-order valence-electron chi connectivity index (χ0n) is 21.4. The SMILES string of the molecule is C=C/C(C)=c1/ccn(C/C(C)=C/N2C=C(CC)C=CC2=C)c(=O)/c1=C/N.CN.NCC1CCC1. The minimum Gasteiger partial charge on any atom is -0.404 e. The lowest BCUT2D eigenvalue weighted by Gasteiger charge is -2.22. The molecule has 1 aromatic heterocycles. The molecule has 1 saturated carbocycles. The highest BCUT2D eigenvalue weighted by atomic mass is 16.1. The van der Waals surface area contributed by atoms with E-state index in [2.05, 4.69) is 38.1 Å². The summed E-state index contributed by atoms with van der Waals surface area (Å²) in [5.74, 6) is 0.894. The van der Waals surface area contributed by atoms with Crippen molar-refractivity contribution in [3.8, 4) is 0 Å². The first-order valence-electron chi connectivity index (χ1n) is 11.9. The molecule has 6 heteroatoms. The molecular weight excluding hydrogens is 422 g/mol. The predicted molar refractivity (Wildman–Crippen MR) is 147 cm³/mol. The van der Waals surface area contributed by atoms with E-state index in [1.54, 1.807) is 16.8 Å². The minimum atomic E-state index is -0.110. The summed E-state index contributed by atoms with van der Waals surface area (Å²) in [4.78, 5) is 14.8. The van der Waals surface area contributed by atoms with Crippen LogP contribution in [0.4, 0.5) is 0 Å². The molecule has 2 heterocycles. The lowest BCUT2D eigenvalue weighted by Crippen LogP contribution is -2.46. The molecule has 0 spiro atoms. The van der Waals surface area contributed by atoms with Gasteiger partial charge in [0, 0.05) is 37.0 Å². The summed E-state index contributed by atoms with van der Waals surface area (Å²) < 4.78 is 1.66. The van der Waals surface area contributed by atoms with Gasteiger partial charge in [-0.05, 0) is 86.7 Å². The van der Waals surface area contributed by atoms with Gasteiger partial charge in [-0.3, -0.25) is 4.79 Å². The molecule has 0 bridgehead atoms. The van der Waals surface area contributed by atoms with Gasteiger partial charge < -0.3 is 26.7 Å². The Labute approximate surface area is 204 Å². The Hall–Kier alpha value is -3.09. The molecule has 6 nitrogen and oxygen atoms in total. The smallest absolute Gasteiger partial charge is 0.260 e. The maximum Gasteiger partial charge on any atom is 0.260 e. The molecule has 6 N–H and O–H groups in total. The van der Waals surface area contributed by atoms with Crippen LogP contribution in [0.2, 0.25) is 0 Å². The van der Waals surface area contributed by atoms with Gasteiger partial charge in [0.2, 0.25) is 0 Å². The molecule has 2 aliphatic rings. The van der Waals surface area contributed by atoms with Crippen molar-refractivity contribution in [1.29, 1.82) is 0 Å². The molecule has 1 aliphatic carbocycles. The van der Waals surface area contributed by atoms with E-state index in [0.29, 0.717) is 11.8 Å². The molecule has 0 atom stereocenters. The van der Waals surface area contributed by atoms with Gasteiger partial charge in [0.25, 0.3) is 5.56 Å². The van der Waals surface area contributed by atoms with E-state index in [9.17, 15) is 4.79 Å². The fourth-order valence-electron chi connectivity index (χ4n) is 3.53. The topological polar surface area (TPSA) is 103 Å². The number of hydrogen-bond acceptors (Lipinski definition) is 5. The third kappa shape index (κ3) is 8.04. The van der Waals surface area contributed by atoms with Crippen molar-refractivity contribution in [2.75, 3.05) is 13.6 Å². The van der Waals surface area contributed by atoms with E-state index in [1.165, 1.54) is 38.1 Å². The monoisotopic (exact) mass is 465 g/mol. The summed E-state index contributed by atoms with van der Waals surface area (Å²) >= 11 is 0. The van der Waals surface area contributed by atoms with Crippen LogP contribution in [0.25, 0.3) is 11.8 Å². The van der Waals surface area contributed by atoms with E-state index in [1.807, 2.05) is 37.1 Å². The molecule has 1 fully saturated rings. The molecule has 0 radical (unpaired) electrons. The van der Waals surface area contributed by atoms with Gasteiger partial charge in [-0.25, -0.2) is 0 Å². The predicted octanol–water partition coefficient (Wildman–Crippen LogP) is 2.80. The largest absolute Gasteiger partial charge is 0.404 e. The third-order valence-corrected chi connectivity index (χ3v) is 5.97. The van der Waals surface area contributed by atoms with Crippen LogP contribution in [0.3, 0.4) is 0 Å². The first-order valence-corrected chi connectivity index (χ1v) is 11.9. The van der Waals surface area contributed by atoms with E-state index in [4.69, 9.17) is 11.5 Å². The van der Waals surface area contributed by atoms with Crippen LogP contribution < -0.4 is 33.2 Å². The van der Waals surface area contributed by atoms with Crippen LogP contribution in [-0.2, 0) is 6.54 Å². The van der Waals surface area contributed by atoms with Gasteiger partial charge in [0.1, 0.15) is 0 Å². The zero-order chi connectivity index (χ0) is 25.7. The molecule has 34 heavy (non-hydrogen) atoms. The molecule has 0 unspecified atom stereocenters. The molecule has 3 rings (SSSR count). The van der Waals surface area contributed by atoms with Crippen molar-refractivity contribution in [2.24, 2.45) is 23.1 Å². The van der Waals surface area contributed by atoms with Gasteiger partial charge in [-0.1, -0.05) is 38.7 Å². The second-order valence-electron chi connectivity index (χ2n) is 8.43. The summed E-state index contributed by atoms with van der Waals surface area (Å²) in [5.41, 5.74) is 19.5. The summed E-state index contributed by atoms with van der Waals surface area (Å²) in [6.45, 7) is 15.3. The van der Waals surface area contributed by atoms with Crippen molar-refractivity contribution in [2.45, 2.75) is 53.0 Å². The number of hydrogen-bond donors (Lipinski definition) is 3. The molecule has 0 amide bonds. The average molecular weight is 466 g/mol. The second-order valence-corrected chi connectivity index (χ2v) is 8.43. The lowest BCUT2D eigenvalue weighted by molar-refractivity contribution is 0.325. The Morgan fingerprint density at radius 3 is 2.38 bits per heavy atom. The maximum atomic E-state index is 12.8. The van der Waals surface area contributed by atoms with Gasteiger partial charge >= 0.3 is 0 Å². The Kier molecular flexibility index (Phi) is 12.7. The Morgan fingerprint density at radius 2 is 1.91 bits per heavy atom. The van der Waals surface area contributed by atoms with Gasteiger partial charge in [-0.15, -0.1) is 0 Å². The molecule has 1 aliphatic heterocycles. The number of pyridine rings is 1. The summed E-state index contributed by atoms with van der Waals surface area (Å²) in [6, 6.07) is 1.90. The van der Waals surface area contributed by atoms with Crippen LogP contribution in [0.15, 0.2) is 77.7 Å². The first-order chi connectivity index (χ1) is 16.3. The molecule has 0 saturated heterocycles. The van der Waals surface area contributed by atoms with E-state index in [-0.39, 0.29) is 5.56 Å². The molecular formula is C28H43N5O. The normalized spacial score (nSPS) is 17.1. The Bertz CT molecular complexity index is 1100. The van der Waals surface area contributed by atoms with Crippen molar-refractivity contribution in [3.63, 3.8) is 0 Å². The number of aromatic nitrogens is 1. The first kappa shape index (κ1) is 28.9. The van der Waals surface area contributed by atoms with Crippen LogP contribution in [0.1, 0.15) is 46.5 Å². The fourth-order valence-corrected chi connectivity index (χ4v) is 3.53. The van der Waals surface area contributed by atoms with Crippen molar-refractivity contribution in [1.82, 2.24) is 9.47 Å². The highest BCUT2D eigenvalue weighted by Crippen LogP contribution is 2.24. The van der Waals surface area contributed by atoms with Crippen LogP contribution >= 0.6 is 0 Å². The van der Waals surface area contributed by atoms with Crippen LogP contribution in [0, 0.1) is 5.92 Å².